The van der Waals surface area contributed by atoms with Crippen LogP contribution in [0.3, 0.4) is 0 Å². The first kappa shape index (κ1) is 12.3. The number of nitrogens with zero attached hydrogens (tertiary/aromatic N) is 1. The number of hydrogen-bond donors (Lipinski definition) is 1. The molecule has 2 unspecified atom stereocenters. The van der Waals surface area contributed by atoms with Crippen molar-refractivity contribution in [2.45, 2.75) is 52.1 Å². The third-order valence-electron chi connectivity index (χ3n) is 3.77. The molecule has 0 aliphatic heterocycles. The predicted octanol–water partition coefficient (Wildman–Crippen LogP) is 3.04. The minimum Gasteiger partial charge on any atom is -0.347 e. The number of rotatable bonds is 2. The Labute approximate surface area is 104 Å². The summed E-state index contributed by atoms with van der Waals surface area (Å²) in [5.74, 6) is 2.74. The van der Waals surface area contributed by atoms with Gasteiger partial charge in [0.1, 0.15) is 0 Å². The van der Waals surface area contributed by atoms with Crippen LogP contribution in [-0.4, -0.2) is 4.57 Å². The molecule has 1 aromatic rings. The van der Waals surface area contributed by atoms with Gasteiger partial charge in [0.2, 0.25) is 0 Å². The molecule has 0 aromatic carbocycles. The van der Waals surface area contributed by atoms with Gasteiger partial charge in [-0.05, 0) is 36.8 Å². The molecule has 1 aliphatic rings. The Morgan fingerprint density at radius 2 is 2.35 bits per heavy atom. The molecule has 2 atom stereocenters. The molecule has 0 bridgehead atoms. The summed E-state index contributed by atoms with van der Waals surface area (Å²) in [5, 5.41) is 0. The molecular weight excluding hydrogens is 208 g/mol. The summed E-state index contributed by atoms with van der Waals surface area (Å²) in [4.78, 5) is 0. The van der Waals surface area contributed by atoms with Crippen molar-refractivity contribution >= 4 is 0 Å². The zero-order valence-corrected chi connectivity index (χ0v) is 11.0. The average molecular weight is 230 g/mol. The fraction of sp³-hybridized carbons (Fsp3) is 0.600. The van der Waals surface area contributed by atoms with Crippen molar-refractivity contribution in [2.75, 3.05) is 0 Å². The Bertz CT molecular complexity index is 448. The largest absolute Gasteiger partial charge is 0.347 e. The van der Waals surface area contributed by atoms with Gasteiger partial charge in [0, 0.05) is 30.4 Å². The Hall–Kier alpha value is -1.20. The van der Waals surface area contributed by atoms with E-state index in [1.165, 1.54) is 11.3 Å². The van der Waals surface area contributed by atoms with Crippen molar-refractivity contribution in [3.05, 3.63) is 23.5 Å². The average Bonchev–Trinajstić information content (AvgIpc) is 2.59. The Kier molecular flexibility index (Phi) is 3.05. The van der Waals surface area contributed by atoms with Gasteiger partial charge < -0.3 is 10.3 Å². The summed E-state index contributed by atoms with van der Waals surface area (Å²) in [7, 11) is 0. The summed E-state index contributed by atoms with van der Waals surface area (Å²) >= 11 is 0. The van der Waals surface area contributed by atoms with Crippen LogP contribution in [0.15, 0.2) is 12.3 Å². The molecule has 0 saturated carbocycles. The number of hydrogen-bond acceptors (Lipinski definition) is 1. The lowest BCUT2D eigenvalue weighted by Gasteiger charge is -2.35. The molecule has 2 nitrogen and oxygen atoms in total. The predicted molar refractivity (Wildman–Crippen MR) is 71.6 cm³/mol. The van der Waals surface area contributed by atoms with E-state index in [2.05, 4.69) is 43.5 Å². The highest BCUT2D eigenvalue weighted by Gasteiger charge is 2.32. The second-order valence-corrected chi connectivity index (χ2v) is 6.03. The van der Waals surface area contributed by atoms with E-state index in [0.717, 1.165) is 19.3 Å². The maximum atomic E-state index is 6.26. The molecule has 1 heterocycles. The molecule has 0 spiro atoms. The highest BCUT2D eigenvalue weighted by Crippen LogP contribution is 2.40. The Morgan fingerprint density at radius 1 is 1.65 bits per heavy atom. The molecule has 0 fully saturated rings. The van der Waals surface area contributed by atoms with Crippen LogP contribution in [0.2, 0.25) is 0 Å². The molecule has 1 aliphatic carbocycles. The van der Waals surface area contributed by atoms with Gasteiger partial charge in [-0.15, -0.1) is 12.3 Å². The molecule has 1 aromatic heterocycles. The van der Waals surface area contributed by atoms with Gasteiger partial charge in [-0.1, -0.05) is 13.8 Å². The van der Waals surface area contributed by atoms with Crippen molar-refractivity contribution in [3.8, 4) is 12.3 Å². The maximum absolute atomic E-state index is 6.26. The van der Waals surface area contributed by atoms with Gasteiger partial charge in [-0.3, -0.25) is 0 Å². The van der Waals surface area contributed by atoms with E-state index in [-0.39, 0.29) is 6.04 Å². The monoisotopic (exact) mass is 230 g/mol. The van der Waals surface area contributed by atoms with Crippen molar-refractivity contribution < 1.29 is 0 Å². The molecule has 0 saturated heterocycles. The Balaban J connectivity index is 2.38. The summed E-state index contributed by atoms with van der Waals surface area (Å²) in [6.07, 6.45) is 10.5. The van der Waals surface area contributed by atoms with Gasteiger partial charge in [0.05, 0.1) is 0 Å². The van der Waals surface area contributed by atoms with E-state index < -0.39 is 0 Å². The number of nitrogens with two attached hydrogens (primary N) is 1. The van der Waals surface area contributed by atoms with E-state index in [4.69, 9.17) is 12.2 Å². The molecule has 2 heteroatoms. The van der Waals surface area contributed by atoms with E-state index in [1.807, 2.05) is 0 Å². The minimum absolute atomic E-state index is 0.174. The first-order valence-corrected chi connectivity index (χ1v) is 6.33. The fourth-order valence-electron chi connectivity index (χ4n) is 2.94. The van der Waals surface area contributed by atoms with Crippen LogP contribution >= 0.6 is 0 Å². The lowest BCUT2D eigenvalue weighted by atomic mass is 9.74. The fourth-order valence-corrected chi connectivity index (χ4v) is 2.94. The summed E-state index contributed by atoms with van der Waals surface area (Å²) in [5.41, 5.74) is 9.24. The summed E-state index contributed by atoms with van der Waals surface area (Å²) in [6, 6.07) is 2.71. The molecule has 2 rings (SSSR count). The summed E-state index contributed by atoms with van der Waals surface area (Å²) < 4.78 is 2.32. The lowest BCUT2D eigenvalue weighted by Crippen LogP contribution is -2.30. The van der Waals surface area contributed by atoms with Gasteiger partial charge in [-0.25, -0.2) is 0 Å². The highest BCUT2D eigenvalue weighted by atomic mass is 15.0. The van der Waals surface area contributed by atoms with Crippen molar-refractivity contribution in [1.82, 2.24) is 4.57 Å². The quantitative estimate of drug-likeness (QED) is 0.778. The van der Waals surface area contributed by atoms with Crippen molar-refractivity contribution in [3.63, 3.8) is 0 Å². The zero-order chi connectivity index (χ0) is 12.6. The zero-order valence-electron chi connectivity index (χ0n) is 11.0. The van der Waals surface area contributed by atoms with Gasteiger partial charge in [0.15, 0.2) is 0 Å². The normalized spacial score (nSPS) is 23.8. The molecule has 92 valence electrons. The van der Waals surface area contributed by atoms with E-state index >= 15 is 0 Å². The molecule has 17 heavy (non-hydrogen) atoms. The van der Waals surface area contributed by atoms with Gasteiger partial charge in [-0.2, -0.15) is 0 Å². The smallest absolute Gasteiger partial charge is 0.0414 e. The van der Waals surface area contributed by atoms with Gasteiger partial charge >= 0.3 is 0 Å². The lowest BCUT2D eigenvalue weighted by molar-refractivity contribution is 0.272. The third-order valence-corrected chi connectivity index (χ3v) is 3.77. The second kappa shape index (κ2) is 4.23. The van der Waals surface area contributed by atoms with Crippen LogP contribution in [0.5, 0.6) is 0 Å². The van der Waals surface area contributed by atoms with Crippen LogP contribution in [0.4, 0.5) is 0 Å². The van der Waals surface area contributed by atoms with Crippen molar-refractivity contribution in [1.29, 1.82) is 0 Å². The number of terminal acetylenes is 1. The van der Waals surface area contributed by atoms with E-state index in [1.54, 1.807) is 0 Å². The topological polar surface area (TPSA) is 30.9 Å². The van der Waals surface area contributed by atoms with E-state index in [0.29, 0.717) is 11.5 Å². The number of aromatic nitrogens is 1. The first-order chi connectivity index (χ1) is 7.94. The SMILES string of the molecule is C#CCC(C)n1ccc2c1CC(C)(C)CC2N. The van der Waals surface area contributed by atoms with Crippen LogP contribution in [0.1, 0.15) is 57.0 Å². The van der Waals surface area contributed by atoms with Crippen molar-refractivity contribution in [2.24, 2.45) is 11.1 Å². The first-order valence-electron chi connectivity index (χ1n) is 6.33. The molecule has 0 amide bonds. The molecular formula is C15H22N2. The minimum atomic E-state index is 0.174. The van der Waals surface area contributed by atoms with E-state index in [9.17, 15) is 0 Å². The van der Waals surface area contributed by atoms with Crippen LogP contribution in [-0.2, 0) is 6.42 Å². The third kappa shape index (κ3) is 2.25. The molecule has 0 radical (unpaired) electrons. The number of fused-ring (bicyclic) bond motifs is 1. The van der Waals surface area contributed by atoms with Crippen LogP contribution < -0.4 is 5.73 Å². The molecule has 2 N–H and O–H groups in total. The summed E-state index contributed by atoms with van der Waals surface area (Å²) in [6.45, 7) is 6.76. The van der Waals surface area contributed by atoms with Gasteiger partial charge in [0.25, 0.3) is 0 Å². The highest BCUT2D eigenvalue weighted by molar-refractivity contribution is 5.30. The maximum Gasteiger partial charge on any atom is 0.0414 e. The standard InChI is InChI=1S/C15H22N2/c1-5-6-11(2)17-8-7-12-13(16)9-15(3,4)10-14(12)17/h1,7-8,11,13H,6,9-10,16H2,2-4H3. The Morgan fingerprint density at radius 3 is 3.00 bits per heavy atom. The second-order valence-electron chi connectivity index (χ2n) is 6.03. The van der Waals surface area contributed by atoms with Crippen LogP contribution in [0, 0.1) is 17.8 Å². The van der Waals surface area contributed by atoms with Crippen LogP contribution in [0.25, 0.3) is 0 Å².